The molecule has 0 aromatic rings. The molecule has 0 heterocycles. The number of nitrogens with two attached hydrogens (primary N) is 1. The molecule has 0 saturated heterocycles. The molecule has 0 bridgehead atoms. The summed E-state index contributed by atoms with van der Waals surface area (Å²) in [6.07, 6.45) is 2.16. The predicted octanol–water partition coefficient (Wildman–Crippen LogP) is 0.980. The van der Waals surface area contributed by atoms with Gasteiger partial charge in [0.2, 0.25) is 5.91 Å². The van der Waals surface area contributed by atoms with Gasteiger partial charge in [0.25, 0.3) is 0 Å². The quantitative estimate of drug-likeness (QED) is 0.586. The van der Waals surface area contributed by atoms with Crippen molar-refractivity contribution >= 4 is 17.7 Å². The molecule has 1 aliphatic rings. The first-order valence-corrected chi connectivity index (χ1v) is 7.84. The number of carbonyl (C=O) groups excluding carboxylic acids is 1. The zero-order valence-corrected chi connectivity index (χ0v) is 12.4. The molecule has 1 fully saturated rings. The third-order valence-corrected chi connectivity index (χ3v) is 4.77. The zero-order valence-electron chi connectivity index (χ0n) is 11.6. The van der Waals surface area contributed by atoms with E-state index >= 15 is 0 Å². The Balaban J connectivity index is 2.61. The van der Waals surface area contributed by atoms with Crippen molar-refractivity contribution in [2.45, 2.75) is 45.2 Å². The molecule has 0 radical (unpaired) electrons. The molecule has 2 unspecified atom stereocenters. The second kappa shape index (κ2) is 6.78. The summed E-state index contributed by atoms with van der Waals surface area (Å²) in [6.45, 7) is 6.28. The van der Waals surface area contributed by atoms with E-state index in [2.05, 4.69) is 5.32 Å². The Hall–Kier alpha value is -0.260. The van der Waals surface area contributed by atoms with Crippen LogP contribution >= 0.6 is 11.8 Å². The van der Waals surface area contributed by atoms with Gasteiger partial charge in [-0.05, 0) is 44.3 Å². The number of hydrogen-bond donors (Lipinski definition) is 3. The van der Waals surface area contributed by atoms with E-state index in [-0.39, 0.29) is 24.5 Å². The Morgan fingerprint density at radius 1 is 1.50 bits per heavy atom. The molecular formula is C13H26N2O2S. The standard InChI is InChI=1S/C13H26N2O2S/c1-9(2)15-13(12(14)17,11-4-5-11)8-18-7-10(3)6-16/h9-11,15-16H,4-8H2,1-3H3,(H2,14,17). The Kier molecular flexibility index (Phi) is 5.95. The fourth-order valence-electron chi connectivity index (χ4n) is 2.19. The van der Waals surface area contributed by atoms with Crippen LogP contribution in [-0.2, 0) is 4.79 Å². The largest absolute Gasteiger partial charge is 0.396 e. The van der Waals surface area contributed by atoms with E-state index in [0.717, 1.165) is 18.6 Å². The Morgan fingerprint density at radius 3 is 2.50 bits per heavy atom. The third-order valence-electron chi connectivity index (χ3n) is 3.30. The highest BCUT2D eigenvalue weighted by Crippen LogP contribution is 2.41. The monoisotopic (exact) mass is 274 g/mol. The van der Waals surface area contributed by atoms with E-state index in [1.807, 2.05) is 20.8 Å². The second-order valence-electron chi connectivity index (χ2n) is 5.71. The Bertz CT molecular complexity index is 282. The number of thioether (sulfide) groups is 1. The van der Waals surface area contributed by atoms with Crippen molar-refractivity contribution < 1.29 is 9.90 Å². The topological polar surface area (TPSA) is 75.3 Å². The van der Waals surface area contributed by atoms with E-state index < -0.39 is 5.54 Å². The van der Waals surface area contributed by atoms with Gasteiger partial charge in [0.1, 0.15) is 5.54 Å². The number of amides is 1. The first kappa shape index (κ1) is 15.8. The molecule has 1 saturated carbocycles. The molecule has 0 spiro atoms. The number of nitrogens with one attached hydrogen (secondary N) is 1. The summed E-state index contributed by atoms with van der Waals surface area (Å²) in [5, 5.41) is 12.4. The van der Waals surface area contributed by atoms with Gasteiger partial charge in [0.15, 0.2) is 0 Å². The first-order valence-electron chi connectivity index (χ1n) is 6.68. The highest BCUT2D eigenvalue weighted by molar-refractivity contribution is 7.99. The number of aliphatic hydroxyl groups excluding tert-OH is 1. The van der Waals surface area contributed by atoms with Gasteiger partial charge in [-0.1, -0.05) is 6.92 Å². The Labute approximate surface area is 114 Å². The summed E-state index contributed by atoms with van der Waals surface area (Å²) in [7, 11) is 0. The van der Waals surface area contributed by atoms with Crippen molar-refractivity contribution in [3.63, 3.8) is 0 Å². The van der Waals surface area contributed by atoms with Crippen LogP contribution in [0.1, 0.15) is 33.6 Å². The van der Waals surface area contributed by atoms with Gasteiger partial charge in [-0.3, -0.25) is 4.79 Å². The van der Waals surface area contributed by atoms with Crippen LogP contribution < -0.4 is 11.1 Å². The third kappa shape index (κ3) is 4.14. The molecule has 0 aromatic heterocycles. The summed E-state index contributed by atoms with van der Waals surface area (Å²) >= 11 is 1.71. The van der Waals surface area contributed by atoms with Crippen LogP contribution in [0.25, 0.3) is 0 Å². The van der Waals surface area contributed by atoms with Crippen LogP contribution in [-0.4, -0.2) is 40.7 Å². The van der Waals surface area contributed by atoms with Crippen molar-refractivity contribution in [3.8, 4) is 0 Å². The average Bonchev–Trinajstić information content (AvgIpc) is 3.10. The predicted molar refractivity (Wildman–Crippen MR) is 76.5 cm³/mol. The van der Waals surface area contributed by atoms with E-state index in [1.54, 1.807) is 11.8 Å². The van der Waals surface area contributed by atoms with Gasteiger partial charge >= 0.3 is 0 Å². The lowest BCUT2D eigenvalue weighted by Gasteiger charge is -2.34. The molecule has 1 rings (SSSR count). The average molecular weight is 274 g/mol. The van der Waals surface area contributed by atoms with Crippen molar-refractivity contribution in [1.82, 2.24) is 5.32 Å². The van der Waals surface area contributed by atoms with Crippen molar-refractivity contribution in [2.75, 3.05) is 18.1 Å². The van der Waals surface area contributed by atoms with Crippen LogP contribution in [0.2, 0.25) is 0 Å². The maximum Gasteiger partial charge on any atom is 0.238 e. The molecule has 1 amide bonds. The molecule has 0 aliphatic heterocycles. The van der Waals surface area contributed by atoms with E-state index in [9.17, 15) is 4.79 Å². The van der Waals surface area contributed by atoms with Crippen LogP contribution in [0.15, 0.2) is 0 Å². The van der Waals surface area contributed by atoms with Crippen molar-refractivity contribution in [2.24, 2.45) is 17.6 Å². The maximum absolute atomic E-state index is 11.9. The molecule has 4 nitrogen and oxygen atoms in total. The minimum atomic E-state index is -0.561. The lowest BCUT2D eigenvalue weighted by atomic mass is 9.93. The number of carbonyl (C=O) groups is 1. The summed E-state index contributed by atoms with van der Waals surface area (Å²) in [6, 6.07) is 0.244. The normalized spacial score (nSPS) is 20.7. The van der Waals surface area contributed by atoms with Gasteiger partial charge in [0, 0.05) is 18.4 Å². The summed E-state index contributed by atoms with van der Waals surface area (Å²) in [5.41, 5.74) is 5.08. The van der Waals surface area contributed by atoms with Crippen LogP contribution in [0.3, 0.4) is 0 Å². The van der Waals surface area contributed by atoms with Gasteiger partial charge in [-0.25, -0.2) is 0 Å². The zero-order chi connectivity index (χ0) is 13.8. The fourth-order valence-corrected chi connectivity index (χ4v) is 3.59. The van der Waals surface area contributed by atoms with Gasteiger partial charge in [-0.15, -0.1) is 0 Å². The number of hydrogen-bond acceptors (Lipinski definition) is 4. The summed E-state index contributed by atoms with van der Waals surface area (Å²) < 4.78 is 0. The molecule has 5 heteroatoms. The van der Waals surface area contributed by atoms with E-state index in [0.29, 0.717) is 11.7 Å². The molecule has 1 aliphatic carbocycles. The minimum Gasteiger partial charge on any atom is -0.396 e. The number of primary amides is 1. The molecular weight excluding hydrogens is 248 g/mol. The Morgan fingerprint density at radius 2 is 2.11 bits per heavy atom. The molecule has 2 atom stereocenters. The fraction of sp³-hybridized carbons (Fsp3) is 0.923. The first-order chi connectivity index (χ1) is 8.42. The second-order valence-corrected chi connectivity index (χ2v) is 6.74. The van der Waals surface area contributed by atoms with Gasteiger partial charge in [-0.2, -0.15) is 11.8 Å². The number of rotatable bonds is 9. The number of aliphatic hydroxyl groups is 1. The van der Waals surface area contributed by atoms with E-state index in [4.69, 9.17) is 10.8 Å². The highest BCUT2D eigenvalue weighted by atomic mass is 32.2. The van der Waals surface area contributed by atoms with Crippen LogP contribution in [0.4, 0.5) is 0 Å². The van der Waals surface area contributed by atoms with Crippen LogP contribution in [0, 0.1) is 11.8 Å². The van der Waals surface area contributed by atoms with E-state index in [1.165, 1.54) is 0 Å². The van der Waals surface area contributed by atoms with Gasteiger partial charge < -0.3 is 16.2 Å². The lowest BCUT2D eigenvalue weighted by Crippen LogP contribution is -2.61. The maximum atomic E-state index is 11.9. The van der Waals surface area contributed by atoms with Gasteiger partial charge in [0.05, 0.1) is 0 Å². The SMILES string of the molecule is CC(CO)CSCC(NC(C)C)(C(N)=O)C1CC1. The molecule has 18 heavy (non-hydrogen) atoms. The lowest BCUT2D eigenvalue weighted by molar-refractivity contribution is -0.124. The van der Waals surface area contributed by atoms with Crippen molar-refractivity contribution in [3.05, 3.63) is 0 Å². The smallest absolute Gasteiger partial charge is 0.238 e. The minimum absolute atomic E-state index is 0.192. The molecule has 4 N–H and O–H groups in total. The van der Waals surface area contributed by atoms with Crippen LogP contribution in [0.5, 0.6) is 0 Å². The summed E-state index contributed by atoms with van der Waals surface area (Å²) in [4.78, 5) is 11.9. The summed E-state index contributed by atoms with van der Waals surface area (Å²) in [5.74, 6) is 1.98. The van der Waals surface area contributed by atoms with Crippen molar-refractivity contribution in [1.29, 1.82) is 0 Å². The molecule has 0 aromatic carbocycles. The molecule has 106 valence electrons. The highest BCUT2D eigenvalue weighted by Gasteiger charge is 2.49.